The van der Waals surface area contributed by atoms with E-state index in [1.165, 1.54) is 24.1 Å². The summed E-state index contributed by atoms with van der Waals surface area (Å²) in [6.07, 6.45) is 5.09. The van der Waals surface area contributed by atoms with Crippen molar-refractivity contribution < 1.29 is 18.7 Å². The van der Waals surface area contributed by atoms with Crippen LogP contribution in [0, 0.1) is 29.0 Å². The van der Waals surface area contributed by atoms with Crippen molar-refractivity contribution in [1.82, 2.24) is 14.5 Å². The molecule has 7 rings (SSSR count). The lowest BCUT2D eigenvalue weighted by Crippen LogP contribution is -2.73. The number of fused-ring (bicyclic) bond motifs is 3. The first kappa shape index (κ1) is 32.9. The zero-order chi connectivity index (χ0) is 33.5. The molecule has 3 N–H and O–H groups in total. The van der Waals surface area contributed by atoms with Gasteiger partial charge in [-0.3, -0.25) is 14.2 Å². The molecule has 3 saturated carbocycles. The first-order valence-corrected chi connectivity index (χ1v) is 16.8. The summed E-state index contributed by atoms with van der Waals surface area (Å²) in [5.74, 6) is 1.48. The molecule has 4 fully saturated rings. The van der Waals surface area contributed by atoms with E-state index in [4.69, 9.17) is 20.2 Å². The van der Waals surface area contributed by atoms with E-state index in [0.717, 1.165) is 24.5 Å². The lowest BCUT2D eigenvalue weighted by Gasteiger charge is -2.67. The normalized spacial score (nSPS) is 25.7. The molecule has 47 heavy (non-hydrogen) atoms. The number of nitrogens with two attached hydrogens (primary N) is 1. The highest BCUT2D eigenvalue weighted by atomic mass is 19.1. The number of aryl methyl sites for hydroxylation is 2. The molecule has 0 radical (unpaired) electrons. The number of nitrogens with zero attached hydrogens (tertiary/aromatic N) is 4. The van der Waals surface area contributed by atoms with Crippen molar-refractivity contribution >= 4 is 28.5 Å². The molecule has 1 unspecified atom stereocenters. The van der Waals surface area contributed by atoms with Gasteiger partial charge in [-0.15, -0.1) is 0 Å². The number of piperidine rings is 1. The van der Waals surface area contributed by atoms with Gasteiger partial charge in [-0.05, 0) is 86.1 Å². The summed E-state index contributed by atoms with van der Waals surface area (Å²) < 4.78 is 26.4. The van der Waals surface area contributed by atoms with E-state index in [0.29, 0.717) is 79.6 Å². The number of carbonyl (C=O) groups excluding carboxylic acids is 1. The third-order valence-electron chi connectivity index (χ3n) is 11.3. The molecule has 0 amide bonds. The van der Waals surface area contributed by atoms with Gasteiger partial charge >= 0.3 is 5.97 Å². The van der Waals surface area contributed by atoms with Crippen LogP contribution in [0.15, 0.2) is 52.5 Å². The number of benzene rings is 2. The fourth-order valence-electron chi connectivity index (χ4n) is 7.89. The number of guanidine groups is 1. The van der Waals surface area contributed by atoms with Crippen LogP contribution >= 0.6 is 0 Å². The Labute approximate surface area is 275 Å². The van der Waals surface area contributed by atoms with Gasteiger partial charge < -0.3 is 25.4 Å². The average molecular weight is 647 g/mol. The Morgan fingerprint density at radius 3 is 2.62 bits per heavy atom. The van der Waals surface area contributed by atoms with E-state index >= 15 is 0 Å². The maximum atomic E-state index is 14.5. The number of esters is 1. The van der Waals surface area contributed by atoms with E-state index < -0.39 is 0 Å². The van der Waals surface area contributed by atoms with Crippen LogP contribution in [0.2, 0.25) is 0 Å². The SMILES string of the molecule is CCOC(=O)C1CCN(C(=NC2C[C@]3(N)C[C@H]([C@@H]2C)C3(C)C)Nc2ccc3c(=O)n(CCc4ccc(OC)cc4F)cnc3c2)CC1. The number of aliphatic imine (C=N–C) groups is 1. The number of likely N-dealkylation sites (tertiary alicyclic amines) is 1. The lowest BCUT2D eigenvalue weighted by molar-refractivity contribution is -0.149. The Morgan fingerprint density at radius 1 is 1.17 bits per heavy atom. The molecule has 3 aliphatic carbocycles. The topological polar surface area (TPSA) is 124 Å². The van der Waals surface area contributed by atoms with Gasteiger partial charge in [-0.25, -0.2) is 14.4 Å². The maximum Gasteiger partial charge on any atom is 0.309 e. The largest absolute Gasteiger partial charge is 0.497 e. The molecule has 1 aromatic heterocycles. The van der Waals surface area contributed by atoms with Crippen LogP contribution in [0.1, 0.15) is 58.9 Å². The monoisotopic (exact) mass is 646 g/mol. The Balaban J connectivity index is 1.22. The van der Waals surface area contributed by atoms with Crippen LogP contribution in [0.3, 0.4) is 0 Å². The predicted molar refractivity (Wildman–Crippen MR) is 181 cm³/mol. The highest BCUT2D eigenvalue weighted by Crippen LogP contribution is 2.63. The molecule has 11 heteroatoms. The first-order valence-electron chi connectivity index (χ1n) is 16.8. The zero-order valence-corrected chi connectivity index (χ0v) is 28.1. The van der Waals surface area contributed by atoms with Gasteiger partial charge in [0, 0.05) is 36.9 Å². The number of hydrogen-bond donors (Lipinski definition) is 2. The molecule has 2 aromatic carbocycles. The van der Waals surface area contributed by atoms with E-state index in [1.807, 2.05) is 19.1 Å². The number of carbonyl (C=O) groups is 1. The van der Waals surface area contributed by atoms with Crippen molar-refractivity contribution in [3.8, 4) is 5.75 Å². The molecule has 0 spiro atoms. The number of rotatable bonds is 8. The minimum Gasteiger partial charge on any atom is -0.497 e. The summed E-state index contributed by atoms with van der Waals surface area (Å²) in [5.41, 5.74) is 8.41. The van der Waals surface area contributed by atoms with E-state index in [1.54, 1.807) is 18.2 Å². The second-order valence-corrected chi connectivity index (χ2v) is 14.1. The summed E-state index contributed by atoms with van der Waals surface area (Å²) in [6, 6.07) is 10.3. The van der Waals surface area contributed by atoms with Gasteiger partial charge in [0.2, 0.25) is 0 Å². The molecule has 1 aliphatic heterocycles. The van der Waals surface area contributed by atoms with Gasteiger partial charge in [-0.1, -0.05) is 26.8 Å². The second kappa shape index (κ2) is 12.9. The van der Waals surface area contributed by atoms with Crippen molar-refractivity contribution in [3.05, 3.63) is 64.5 Å². The van der Waals surface area contributed by atoms with Gasteiger partial charge in [0.15, 0.2) is 5.96 Å². The molecule has 252 valence electrons. The average Bonchev–Trinajstić information content (AvgIpc) is 3.06. The number of aromatic nitrogens is 2. The van der Waals surface area contributed by atoms with Crippen molar-refractivity contribution in [2.45, 2.75) is 77.9 Å². The Bertz CT molecular complexity index is 1730. The van der Waals surface area contributed by atoms with E-state index in [9.17, 15) is 14.0 Å². The molecule has 10 nitrogen and oxygen atoms in total. The molecule has 4 atom stereocenters. The van der Waals surface area contributed by atoms with Crippen molar-refractivity contribution in [2.75, 3.05) is 32.1 Å². The Morgan fingerprint density at radius 2 is 1.94 bits per heavy atom. The van der Waals surface area contributed by atoms with Gasteiger partial charge in [-0.2, -0.15) is 0 Å². The van der Waals surface area contributed by atoms with Gasteiger partial charge in [0.1, 0.15) is 11.6 Å². The van der Waals surface area contributed by atoms with Gasteiger partial charge in [0.05, 0.1) is 42.9 Å². The number of nitrogens with one attached hydrogen (secondary N) is 1. The molecule has 3 aromatic rings. The van der Waals surface area contributed by atoms with Crippen molar-refractivity contribution in [1.29, 1.82) is 0 Å². The minimum atomic E-state index is -0.366. The number of ether oxygens (including phenoxy) is 2. The summed E-state index contributed by atoms with van der Waals surface area (Å²) in [5, 5.41) is 4.04. The fourth-order valence-corrected chi connectivity index (χ4v) is 7.89. The van der Waals surface area contributed by atoms with Crippen LogP contribution in [0.4, 0.5) is 10.1 Å². The van der Waals surface area contributed by atoms with Crippen molar-refractivity contribution in [2.24, 2.45) is 33.9 Å². The lowest BCUT2D eigenvalue weighted by atomic mass is 9.41. The Hall–Kier alpha value is -3.99. The van der Waals surface area contributed by atoms with Crippen LogP contribution < -0.4 is 21.3 Å². The second-order valence-electron chi connectivity index (χ2n) is 14.1. The fraction of sp³-hybridized carbons (Fsp3) is 0.556. The summed E-state index contributed by atoms with van der Waals surface area (Å²) in [7, 11) is 1.50. The minimum absolute atomic E-state index is 0.0679. The maximum absolute atomic E-state index is 14.5. The summed E-state index contributed by atoms with van der Waals surface area (Å²) >= 11 is 0. The number of methoxy groups -OCH3 is 1. The molecule has 2 heterocycles. The number of halogens is 1. The van der Waals surface area contributed by atoms with Crippen molar-refractivity contribution in [3.63, 3.8) is 0 Å². The summed E-state index contributed by atoms with van der Waals surface area (Å²) in [6.45, 7) is 10.7. The highest BCUT2D eigenvalue weighted by molar-refractivity contribution is 5.96. The number of hydrogen-bond acceptors (Lipinski definition) is 7. The molecule has 4 aliphatic rings. The summed E-state index contributed by atoms with van der Waals surface area (Å²) in [4.78, 5) is 37.9. The standard InChI is InChI=1S/C36H47FN6O4/c1-6-47-33(45)24-12-14-42(15-13-24)34(41-31-20-36(38)19-28(22(31)2)35(36,3)4)40-25-8-10-27-30(17-25)39-21-43(32(27)44)16-11-23-7-9-26(46-5)18-29(23)37/h7-10,17-18,21-22,24,28,31H,6,11-16,19-20,38H2,1-5H3,(H,40,41)/t22-,28+,31?,36+/m0/s1. The highest BCUT2D eigenvalue weighted by Gasteiger charge is 2.64. The van der Waals surface area contributed by atoms with Crippen LogP contribution in [-0.2, 0) is 22.5 Å². The molecule has 1 saturated heterocycles. The third kappa shape index (κ3) is 6.22. The number of anilines is 1. The van der Waals surface area contributed by atoms with E-state index in [2.05, 4.69) is 36.0 Å². The Kier molecular flexibility index (Phi) is 9.04. The van der Waals surface area contributed by atoms with Crippen LogP contribution in [0.25, 0.3) is 10.9 Å². The first-order chi connectivity index (χ1) is 22.4. The van der Waals surface area contributed by atoms with Gasteiger partial charge in [0.25, 0.3) is 5.56 Å². The quantitative estimate of drug-likeness (QED) is 0.200. The smallest absolute Gasteiger partial charge is 0.309 e. The van der Waals surface area contributed by atoms with Crippen LogP contribution in [-0.4, -0.2) is 64.8 Å². The third-order valence-corrected chi connectivity index (χ3v) is 11.3. The van der Waals surface area contributed by atoms with E-state index in [-0.39, 0.29) is 40.3 Å². The predicted octanol–water partition coefficient (Wildman–Crippen LogP) is 4.98. The molecular formula is C36H47FN6O4. The zero-order valence-electron chi connectivity index (χ0n) is 28.1. The molecular weight excluding hydrogens is 599 g/mol. The van der Waals surface area contributed by atoms with Crippen LogP contribution in [0.5, 0.6) is 5.75 Å². The molecule has 2 bridgehead atoms.